The average Bonchev–Trinajstić information content (AvgIpc) is 2.79. The van der Waals surface area contributed by atoms with Crippen molar-refractivity contribution < 1.29 is 29.0 Å². The lowest BCUT2D eigenvalue weighted by atomic mass is 10.3. The summed E-state index contributed by atoms with van der Waals surface area (Å²) in [4.78, 5) is 33.0. The quantitative estimate of drug-likeness (QED) is 0.546. The summed E-state index contributed by atoms with van der Waals surface area (Å²) in [6, 6.07) is 2.95. The van der Waals surface area contributed by atoms with Crippen LogP contribution in [-0.4, -0.2) is 47.2 Å². The van der Waals surface area contributed by atoms with E-state index in [1.165, 1.54) is 12.1 Å². The molecule has 0 saturated heterocycles. The number of hydrogen-bond acceptors (Lipinski definition) is 5. The van der Waals surface area contributed by atoms with Gasteiger partial charge in [-0.1, -0.05) is 0 Å². The van der Waals surface area contributed by atoms with Crippen LogP contribution < -0.4 is 10.6 Å². The van der Waals surface area contributed by atoms with Gasteiger partial charge in [0.15, 0.2) is 16.5 Å². The van der Waals surface area contributed by atoms with E-state index in [9.17, 15) is 14.4 Å². The van der Waals surface area contributed by atoms with Crippen LogP contribution in [0.25, 0.3) is 0 Å². The van der Waals surface area contributed by atoms with Crippen molar-refractivity contribution in [2.45, 2.75) is 6.10 Å². The first-order chi connectivity index (χ1) is 8.90. The van der Waals surface area contributed by atoms with E-state index in [-0.39, 0.29) is 12.3 Å². The Morgan fingerprint density at radius 1 is 1.32 bits per heavy atom. The standard InChI is InChI=1S/C10H11BrN2O6/c11-7-2-1-6(19-7)9(16)13-4-8(15)12-3-5(14)10(17)18/h1-2,5,14H,3-4H2,(H,12,15)(H,13,16)(H,17,18). The van der Waals surface area contributed by atoms with Gasteiger partial charge in [-0.2, -0.15) is 0 Å². The van der Waals surface area contributed by atoms with Crippen molar-refractivity contribution in [3.63, 3.8) is 0 Å². The Bertz CT molecular complexity index is 486. The normalized spacial score (nSPS) is 11.7. The summed E-state index contributed by atoms with van der Waals surface area (Å²) < 4.78 is 5.34. The molecule has 0 bridgehead atoms. The molecule has 0 radical (unpaired) electrons. The molecule has 0 fully saturated rings. The Balaban J connectivity index is 2.30. The number of nitrogens with one attached hydrogen (secondary N) is 2. The maximum atomic E-state index is 11.5. The smallest absolute Gasteiger partial charge is 0.334 e. The van der Waals surface area contributed by atoms with Gasteiger partial charge in [-0.15, -0.1) is 0 Å². The molecule has 0 saturated carbocycles. The first-order valence-corrected chi connectivity index (χ1v) is 5.90. The van der Waals surface area contributed by atoms with Crippen LogP contribution in [0.1, 0.15) is 10.6 Å². The second kappa shape index (κ2) is 6.90. The van der Waals surface area contributed by atoms with Crippen LogP contribution in [-0.2, 0) is 9.59 Å². The zero-order valence-corrected chi connectivity index (χ0v) is 11.1. The molecule has 1 atom stereocenters. The molecule has 1 rings (SSSR count). The van der Waals surface area contributed by atoms with Crippen molar-refractivity contribution >= 4 is 33.7 Å². The highest BCUT2D eigenvalue weighted by atomic mass is 79.9. The first kappa shape index (κ1) is 15.2. The predicted octanol–water partition coefficient (Wildman–Crippen LogP) is -0.666. The number of aliphatic hydroxyl groups excluding tert-OH is 1. The summed E-state index contributed by atoms with van der Waals surface area (Å²) in [7, 11) is 0. The van der Waals surface area contributed by atoms with Crippen molar-refractivity contribution in [2.75, 3.05) is 13.1 Å². The molecule has 1 heterocycles. The molecule has 8 nitrogen and oxygen atoms in total. The summed E-state index contributed by atoms with van der Waals surface area (Å²) in [5, 5.41) is 21.7. The van der Waals surface area contributed by atoms with Crippen LogP contribution in [0.3, 0.4) is 0 Å². The number of carbonyl (C=O) groups excluding carboxylic acids is 2. The fraction of sp³-hybridized carbons (Fsp3) is 0.300. The SMILES string of the molecule is O=C(CNC(=O)c1ccc(Br)o1)NCC(O)C(=O)O. The second-order valence-corrected chi connectivity index (χ2v) is 4.23. The van der Waals surface area contributed by atoms with E-state index in [2.05, 4.69) is 26.6 Å². The fourth-order valence-corrected chi connectivity index (χ4v) is 1.35. The largest absolute Gasteiger partial charge is 0.479 e. The van der Waals surface area contributed by atoms with Crippen molar-refractivity contribution in [3.05, 3.63) is 22.6 Å². The van der Waals surface area contributed by atoms with Crippen LogP contribution in [0.4, 0.5) is 0 Å². The topological polar surface area (TPSA) is 129 Å². The third-order valence-electron chi connectivity index (χ3n) is 1.98. The third kappa shape index (κ3) is 5.10. The molecule has 0 aliphatic rings. The van der Waals surface area contributed by atoms with Crippen molar-refractivity contribution in [1.82, 2.24) is 10.6 Å². The molecular weight excluding hydrogens is 324 g/mol. The van der Waals surface area contributed by atoms with E-state index in [4.69, 9.17) is 14.6 Å². The molecule has 2 amide bonds. The molecule has 0 aliphatic heterocycles. The lowest BCUT2D eigenvalue weighted by Gasteiger charge is -2.08. The average molecular weight is 335 g/mol. The number of aliphatic hydroxyl groups is 1. The van der Waals surface area contributed by atoms with E-state index in [0.29, 0.717) is 4.67 Å². The molecule has 1 unspecified atom stereocenters. The maximum Gasteiger partial charge on any atom is 0.334 e. The predicted molar refractivity (Wildman–Crippen MR) is 65.4 cm³/mol. The van der Waals surface area contributed by atoms with Crippen molar-refractivity contribution in [3.8, 4) is 0 Å². The molecule has 0 spiro atoms. The molecule has 1 aromatic heterocycles. The number of carboxylic acids is 1. The Hall–Kier alpha value is -1.87. The lowest BCUT2D eigenvalue weighted by Crippen LogP contribution is -2.41. The third-order valence-corrected chi connectivity index (χ3v) is 2.41. The van der Waals surface area contributed by atoms with Gasteiger partial charge in [-0.05, 0) is 28.1 Å². The maximum absolute atomic E-state index is 11.5. The van der Waals surface area contributed by atoms with Gasteiger partial charge in [-0.25, -0.2) is 4.79 Å². The second-order valence-electron chi connectivity index (χ2n) is 3.44. The minimum Gasteiger partial charge on any atom is -0.479 e. The van der Waals surface area contributed by atoms with Crippen molar-refractivity contribution in [1.29, 1.82) is 0 Å². The highest BCUT2D eigenvalue weighted by molar-refractivity contribution is 9.10. The number of carboxylic acid groups (broad SMARTS) is 1. The molecule has 9 heteroatoms. The Morgan fingerprint density at radius 2 is 2.00 bits per heavy atom. The van der Waals surface area contributed by atoms with E-state index in [1.807, 2.05) is 0 Å². The number of carbonyl (C=O) groups is 3. The van der Waals surface area contributed by atoms with Crippen LogP contribution in [0.15, 0.2) is 21.2 Å². The van der Waals surface area contributed by atoms with Gasteiger partial charge in [0.1, 0.15) is 0 Å². The zero-order valence-electron chi connectivity index (χ0n) is 9.55. The summed E-state index contributed by atoms with van der Waals surface area (Å²) in [5.74, 6) is -2.62. The number of halogens is 1. The van der Waals surface area contributed by atoms with E-state index in [1.54, 1.807) is 0 Å². The summed E-state index contributed by atoms with van der Waals surface area (Å²) in [5.41, 5.74) is 0. The van der Waals surface area contributed by atoms with Gasteiger partial charge in [0, 0.05) is 0 Å². The monoisotopic (exact) mass is 334 g/mol. The number of amides is 2. The minimum atomic E-state index is -1.68. The van der Waals surface area contributed by atoms with Crippen LogP contribution >= 0.6 is 15.9 Å². The van der Waals surface area contributed by atoms with Crippen molar-refractivity contribution in [2.24, 2.45) is 0 Å². The first-order valence-electron chi connectivity index (χ1n) is 5.11. The van der Waals surface area contributed by atoms with Gasteiger partial charge in [0.2, 0.25) is 5.91 Å². The molecule has 104 valence electrons. The summed E-state index contributed by atoms with van der Waals surface area (Å²) in [6.45, 7) is -0.792. The summed E-state index contributed by atoms with van der Waals surface area (Å²) in [6.07, 6.45) is -1.68. The van der Waals surface area contributed by atoms with Gasteiger partial charge in [0.05, 0.1) is 13.1 Å². The molecule has 0 aliphatic carbocycles. The van der Waals surface area contributed by atoms with Crippen LogP contribution in [0.2, 0.25) is 0 Å². The Kier molecular flexibility index (Phi) is 5.52. The molecule has 1 aromatic rings. The Labute approximate surface area is 115 Å². The van der Waals surface area contributed by atoms with E-state index < -0.39 is 30.4 Å². The fourth-order valence-electron chi connectivity index (χ4n) is 1.04. The highest BCUT2D eigenvalue weighted by Gasteiger charge is 2.15. The molecule has 19 heavy (non-hydrogen) atoms. The molecule has 4 N–H and O–H groups in total. The number of aliphatic carboxylic acids is 1. The highest BCUT2D eigenvalue weighted by Crippen LogP contribution is 2.13. The van der Waals surface area contributed by atoms with E-state index >= 15 is 0 Å². The van der Waals surface area contributed by atoms with Gasteiger partial charge in [-0.3, -0.25) is 9.59 Å². The Morgan fingerprint density at radius 3 is 2.53 bits per heavy atom. The summed E-state index contributed by atoms with van der Waals surface area (Å²) >= 11 is 3.03. The zero-order chi connectivity index (χ0) is 14.4. The van der Waals surface area contributed by atoms with Crippen LogP contribution in [0.5, 0.6) is 0 Å². The van der Waals surface area contributed by atoms with Gasteiger partial charge >= 0.3 is 5.97 Å². The van der Waals surface area contributed by atoms with E-state index in [0.717, 1.165) is 0 Å². The number of hydrogen-bond donors (Lipinski definition) is 4. The minimum absolute atomic E-state index is 0.0326. The van der Waals surface area contributed by atoms with Gasteiger partial charge < -0.3 is 25.3 Å². The molecular formula is C10H11BrN2O6. The molecule has 0 aromatic carbocycles. The van der Waals surface area contributed by atoms with Gasteiger partial charge in [0.25, 0.3) is 5.91 Å². The number of furan rings is 1. The lowest BCUT2D eigenvalue weighted by molar-refractivity contribution is -0.146. The van der Waals surface area contributed by atoms with Crippen LogP contribution in [0, 0.1) is 0 Å². The number of rotatable bonds is 6.